The van der Waals surface area contributed by atoms with Gasteiger partial charge in [-0.1, -0.05) is 15.9 Å². The Balaban J connectivity index is 2.64. The summed E-state index contributed by atoms with van der Waals surface area (Å²) >= 11 is 3.21. The number of hydrogen-bond acceptors (Lipinski definition) is 3. The SMILES string of the molecule is CCN(C(=O)CCBr)C1CCS(=O)(=O)C1. The van der Waals surface area contributed by atoms with Crippen molar-refractivity contribution in [1.82, 2.24) is 4.90 Å². The van der Waals surface area contributed by atoms with Crippen LogP contribution in [-0.4, -0.2) is 48.6 Å². The molecule has 1 aliphatic rings. The molecule has 1 amide bonds. The fraction of sp³-hybridized carbons (Fsp3) is 0.889. The molecule has 1 unspecified atom stereocenters. The summed E-state index contributed by atoms with van der Waals surface area (Å²) in [4.78, 5) is 13.4. The van der Waals surface area contributed by atoms with Crippen LogP contribution < -0.4 is 0 Å². The predicted molar refractivity (Wildman–Crippen MR) is 62.9 cm³/mol. The van der Waals surface area contributed by atoms with Crippen molar-refractivity contribution in [3.63, 3.8) is 0 Å². The zero-order valence-electron chi connectivity index (χ0n) is 8.78. The van der Waals surface area contributed by atoms with E-state index in [9.17, 15) is 13.2 Å². The summed E-state index contributed by atoms with van der Waals surface area (Å²) < 4.78 is 22.6. The number of sulfone groups is 1. The minimum atomic E-state index is -2.90. The first kappa shape index (κ1) is 13.0. The van der Waals surface area contributed by atoms with Gasteiger partial charge < -0.3 is 4.90 Å². The van der Waals surface area contributed by atoms with E-state index in [-0.39, 0.29) is 23.5 Å². The van der Waals surface area contributed by atoms with E-state index >= 15 is 0 Å². The zero-order valence-corrected chi connectivity index (χ0v) is 11.2. The second-order valence-electron chi connectivity index (χ2n) is 3.68. The van der Waals surface area contributed by atoms with Gasteiger partial charge in [-0.2, -0.15) is 0 Å². The Bertz CT molecular complexity index is 328. The summed E-state index contributed by atoms with van der Waals surface area (Å²) in [7, 11) is -2.90. The Morgan fingerprint density at radius 3 is 2.60 bits per heavy atom. The Morgan fingerprint density at radius 1 is 1.53 bits per heavy atom. The van der Waals surface area contributed by atoms with Crippen molar-refractivity contribution in [3.05, 3.63) is 0 Å². The number of nitrogens with zero attached hydrogens (tertiary/aromatic N) is 1. The number of carbonyl (C=O) groups excluding carboxylic acids is 1. The third-order valence-electron chi connectivity index (χ3n) is 2.62. The van der Waals surface area contributed by atoms with Crippen LogP contribution in [0.4, 0.5) is 0 Å². The summed E-state index contributed by atoms with van der Waals surface area (Å²) in [6.45, 7) is 2.48. The fourth-order valence-electron chi connectivity index (χ4n) is 1.88. The first-order valence-electron chi connectivity index (χ1n) is 5.06. The van der Waals surface area contributed by atoms with Crippen molar-refractivity contribution in [2.24, 2.45) is 0 Å². The largest absolute Gasteiger partial charge is 0.339 e. The molecule has 6 heteroatoms. The molecular formula is C9H16BrNO3S. The molecular weight excluding hydrogens is 282 g/mol. The molecule has 1 atom stereocenters. The summed E-state index contributed by atoms with van der Waals surface area (Å²) in [5, 5.41) is 0.627. The van der Waals surface area contributed by atoms with Gasteiger partial charge in [0, 0.05) is 24.3 Å². The van der Waals surface area contributed by atoms with Gasteiger partial charge in [-0.15, -0.1) is 0 Å². The van der Waals surface area contributed by atoms with Crippen LogP contribution in [0.5, 0.6) is 0 Å². The van der Waals surface area contributed by atoms with Crippen LogP contribution in [0.15, 0.2) is 0 Å². The van der Waals surface area contributed by atoms with Crippen molar-refractivity contribution in [2.45, 2.75) is 25.8 Å². The molecule has 0 N–H and O–H groups in total. The van der Waals surface area contributed by atoms with Gasteiger partial charge in [0.15, 0.2) is 9.84 Å². The van der Waals surface area contributed by atoms with Gasteiger partial charge in [0.1, 0.15) is 0 Å². The summed E-state index contributed by atoms with van der Waals surface area (Å²) in [5.41, 5.74) is 0. The number of rotatable bonds is 4. The lowest BCUT2D eigenvalue weighted by Crippen LogP contribution is -2.41. The van der Waals surface area contributed by atoms with E-state index in [1.165, 1.54) is 0 Å². The molecule has 1 rings (SSSR count). The molecule has 0 aromatic heterocycles. The maximum Gasteiger partial charge on any atom is 0.223 e. The minimum absolute atomic E-state index is 0.0384. The number of alkyl halides is 1. The van der Waals surface area contributed by atoms with Gasteiger partial charge >= 0.3 is 0 Å². The monoisotopic (exact) mass is 297 g/mol. The smallest absolute Gasteiger partial charge is 0.223 e. The highest BCUT2D eigenvalue weighted by atomic mass is 79.9. The number of halogens is 1. The van der Waals surface area contributed by atoms with Gasteiger partial charge in [-0.05, 0) is 13.3 Å². The molecule has 1 fully saturated rings. The topological polar surface area (TPSA) is 54.5 Å². The first-order valence-corrected chi connectivity index (χ1v) is 8.00. The molecule has 0 radical (unpaired) electrons. The Labute approximate surface area is 99.1 Å². The Kier molecular flexibility index (Phi) is 4.58. The average molecular weight is 298 g/mol. The molecule has 0 aromatic carbocycles. The van der Waals surface area contributed by atoms with Crippen LogP contribution in [0.1, 0.15) is 19.8 Å². The van der Waals surface area contributed by atoms with Gasteiger partial charge in [0.05, 0.1) is 11.5 Å². The first-order chi connectivity index (χ1) is 7.00. The van der Waals surface area contributed by atoms with E-state index in [2.05, 4.69) is 15.9 Å². The molecule has 0 bridgehead atoms. The third kappa shape index (κ3) is 3.45. The maximum atomic E-state index is 11.7. The van der Waals surface area contributed by atoms with E-state index in [4.69, 9.17) is 0 Å². The Hall–Kier alpha value is -0.100. The molecule has 0 aliphatic carbocycles. The van der Waals surface area contributed by atoms with Gasteiger partial charge in [0.2, 0.25) is 5.91 Å². The average Bonchev–Trinajstić information content (AvgIpc) is 2.48. The van der Waals surface area contributed by atoms with Crippen LogP contribution in [0.2, 0.25) is 0 Å². The lowest BCUT2D eigenvalue weighted by atomic mass is 10.2. The molecule has 0 aromatic rings. The van der Waals surface area contributed by atoms with Crippen molar-refractivity contribution in [3.8, 4) is 0 Å². The maximum absolute atomic E-state index is 11.7. The normalized spacial score (nSPS) is 24.0. The van der Waals surface area contributed by atoms with Crippen molar-refractivity contribution < 1.29 is 13.2 Å². The van der Waals surface area contributed by atoms with E-state index in [0.717, 1.165) is 0 Å². The highest BCUT2D eigenvalue weighted by molar-refractivity contribution is 9.09. The predicted octanol–water partition coefficient (Wildman–Crippen LogP) is 0.807. The van der Waals surface area contributed by atoms with E-state index in [1.807, 2.05) is 6.92 Å². The van der Waals surface area contributed by atoms with Crippen molar-refractivity contribution in [2.75, 3.05) is 23.4 Å². The quantitative estimate of drug-likeness (QED) is 0.722. The third-order valence-corrected chi connectivity index (χ3v) is 4.77. The highest BCUT2D eigenvalue weighted by Gasteiger charge is 2.33. The van der Waals surface area contributed by atoms with Crippen LogP contribution in [-0.2, 0) is 14.6 Å². The standard InChI is InChI=1S/C9H16BrNO3S/c1-2-11(9(12)3-5-10)8-4-6-15(13,14)7-8/h8H,2-7H2,1H3. The minimum Gasteiger partial charge on any atom is -0.339 e. The molecule has 88 valence electrons. The molecule has 0 spiro atoms. The van der Waals surface area contributed by atoms with Gasteiger partial charge in [-0.3, -0.25) is 4.79 Å². The summed E-state index contributed by atoms with van der Waals surface area (Å²) in [5.74, 6) is 0.390. The molecule has 1 heterocycles. The number of carbonyl (C=O) groups is 1. The highest BCUT2D eigenvalue weighted by Crippen LogP contribution is 2.18. The lowest BCUT2D eigenvalue weighted by molar-refractivity contribution is -0.132. The molecule has 15 heavy (non-hydrogen) atoms. The van der Waals surface area contributed by atoms with Crippen molar-refractivity contribution >= 4 is 31.7 Å². The molecule has 1 aliphatic heterocycles. The van der Waals surface area contributed by atoms with E-state index < -0.39 is 9.84 Å². The Morgan fingerprint density at radius 2 is 2.20 bits per heavy atom. The second-order valence-corrected chi connectivity index (χ2v) is 6.70. The second kappa shape index (κ2) is 5.30. The molecule has 1 saturated heterocycles. The van der Waals surface area contributed by atoms with Crippen LogP contribution in [0, 0.1) is 0 Å². The van der Waals surface area contributed by atoms with E-state index in [0.29, 0.717) is 24.7 Å². The van der Waals surface area contributed by atoms with Gasteiger partial charge in [-0.25, -0.2) is 8.42 Å². The van der Waals surface area contributed by atoms with Crippen molar-refractivity contribution in [1.29, 1.82) is 0 Å². The fourth-order valence-corrected chi connectivity index (χ4v) is 3.95. The lowest BCUT2D eigenvalue weighted by Gasteiger charge is -2.26. The molecule has 0 saturated carbocycles. The van der Waals surface area contributed by atoms with Crippen LogP contribution in [0.25, 0.3) is 0 Å². The summed E-state index contributed by atoms with van der Waals surface area (Å²) in [6.07, 6.45) is 1.02. The number of hydrogen-bond donors (Lipinski definition) is 0. The van der Waals surface area contributed by atoms with Gasteiger partial charge in [0.25, 0.3) is 0 Å². The van der Waals surface area contributed by atoms with E-state index in [1.54, 1.807) is 4.90 Å². The van der Waals surface area contributed by atoms with Crippen LogP contribution >= 0.6 is 15.9 Å². The number of amides is 1. The van der Waals surface area contributed by atoms with Crippen LogP contribution in [0.3, 0.4) is 0 Å². The summed E-state index contributed by atoms with van der Waals surface area (Å²) in [6, 6.07) is -0.105. The zero-order chi connectivity index (χ0) is 11.5. The molecule has 4 nitrogen and oxygen atoms in total.